The van der Waals surface area contributed by atoms with Crippen molar-refractivity contribution in [3.05, 3.63) is 58.1 Å². The molecule has 1 N–H and O–H groups in total. The van der Waals surface area contributed by atoms with E-state index in [1.165, 1.54) is 11.3 Å². The Balaban J connectivity index is 1.66. The van der Waals surface area contributed by atoms with E-state index in [0.717, 1.165) is 27.0 Å². The Labute approximate surface area is 183 Å². The summed E-state index contributed by atoms with van der Waals surface area (Å²) >= 11 is 7.90. The maximum absolute atomic E-state index is 13.0. The molecule has 0 fully saturated rings. The summed E-state index contributed by atoms with van der Waals surface area (Å²) in [6, 6.07) is 13.3. The van der Waals surface area contributed by atoms with Crippen LogP contribution in [0.5, 0.6) is 11.5 Å². The first-order chi connectivity index (χ1) is 14.4. The number of carbonyl (C=O) groups excluding carboxylic acids is 1. The Bertz CT molecular complexity index is 1220. The van der Waals surface area contributed by atoms with Crippen LogP contribution in [0.1, 0.15) is 15.4 Å². The second kappa shape index (κ2) is 8.01. The number of rotatable bonds is 5. The molecule has 1 amide bonds. The highest BCUT2D eigenvalue weighted by Gasteiger charge is 2.21. The van der Waals surface area contributed by atoms with Crippen molar-refractivity contribution in [2.75, 3.05) is 19.5 Å². The van der Waals surface area contributed by atoms with Gasteiger partial charge in [0.25, 0.3) is 5.91 Å². The van der Waals surface area contributed by atoms with Crippen molar-refractivity contribution >= 4 is 44.9 Å². The minimum atomic E-state index is -0.300. The SMILES string of the molecule is COc1ccc(-c2nc(NC(=O)c3c(Cl)c4ccccc4n3C)sc2C)cc1OC. The first-order valence-corrected chi connectivity index (χ1v) is 10.4. The fourth-order valence-electron chi connectivity index (χ4n) is 3.46. The first-order valence-electron chi connectivity index (χ1n) is 9.18. The first kappa shape index (κ1) is 20.3. The third kappa shape index (κ3) is 3.40. The van der Waals surface area contributed by atoms with Gasteiger partial charge in [0.1, 0.15) is 5.69 Å². The van der Waals surface area contributed by atoms with Crippen LogP contribution in [-0.2, 0) is 7.05 Å². The molecule has 0 saturated heterocycles. The maximum atomic E-state index is 13.0. The minimum absolute atomic E-state index is 0.300. The van der Waals surface area contributed by atoms with Gasteiger partial charge in [0.05, 0.1) is 24.9 Å². The quantitative estimate of drug-likeness (QED) is 0.442. The molecule has 6 nitrogen and oxygen atoms in total. The number of nitrogens with one attached hydrogen (secondary N) is 1. The maximum Gasteiger partial charge on any atom is 0.275 e. The van der Waals surface area contributed by atoms with Crippen LogP contribution in [0.3, 0.4) is 0 Å². The van der Waals surface area contributed by atoms with Crippen molar-refractivity contribution < 1.29 is 14.3 Å². The summed E-state index contributed by atoms with van der Waals surface area (Å²) in [7, 11) is 5.01. The van der Waals surface area contributed by atoms with Gasteiger partial charge in [0.15, 0.2) is 16.6 Å². The van der Waals surface area contributed by atoms with Crippen molar-refractivity contribution in [3.63, 3.8) is 0 Å². The summed E-state index contributed by atoms with van der Waals surface area (Å²) < 4.78 is 12.5. The van der Waals surface area contributed by atoms with Gasteiger partial charge in [-0.3, -0.25) is 10.1 Å². The van der Waals surface area contributed by atoms with Crippen LogP contribution in [0.4, 0.5) is 5.13 Å². The third-order valence-electron chi connectivity index (χ3n) is 4.93. The van der Waals surface area contributed by atoms with Crippen LogP contribution in [0, 0.1) is 6.92 Å². The van der Waals surface area contributed by atoms with Gasteiger partial charge in [-0.15, -0.1) is 11.3 Å². The monoisotopic (exact) mass is 441 g/mol. The highest BCUT2D eigenvalue weighted by molar-refractivity contribution is 7.16. The number of halogens is 1. The van der Waals surface area contributed by atoms with Gasteiger partial charge in [-0.2, -0.15) is 0 Å². The number of fused-ring (bicyclic) bond motifs is 1. The van der Waals surface area contributed by atoms with Gasteiger partial charge >= 0.3 is 0 Å². The Morgan fingerprint density at radius 1 is 1.13 bits per heavy atom. The van der Waals surface area contributed by atoms with Crippen LogP contribution in [0.25, 0.3) is 22.2 Å². The molecule has 154 valence electrons. The number of methoxy groups -OCH3 is 2. The molecular weight excluding hydrogens is 422 g/mol. The van der Waals surface area contributed by atoms with E-state index >= 15 is 0 Å². The lowest BCUT2D eigenvalue weighted by molar-refractivity contribution is 0.102. The number of ether oxygens (including phenoxy) is 2. The van der Waals surface area contributed by atoms with Gasteiger partial charge in [-0.25, -0.2) is 4.98 Å². The highest BCUT2D eigenvalue weighted by Crippen LogP contribution is 2.36. The average molecular weight is 442 g/mol. The molecule has 2 aromatic heterocycles. The van der Waals surface area contributed by atoms with Crippen LogP contribution in [-0.4, -0.2) is 29.7 Å². The molecule has 0 atom stereocenters. The molecule has 0 saturated carbocycles. The third-order valence-corrected chi connectivity index (χ3v) is 6.20. The van der Waals surface area contributed by atoms with E-state index in [1.807, 2.05) is 56.4 Å². The van der Waals surface area contributed by atoms with Gasteiger partial charge in [0.2, 0.25) is 0 Å². The Kier molecular flexibility index (Phi) is 5.40. The van der Waals surface area contributed by atoms with Crippen molar-refractivity contribution in [2.45, 2.75) is 6.92 Å². The molecule has 0 aliphatic heterocycles. The van der Waals surface area contributed by atoms with Gasteiger partial charge in [-0.1, -0.05) is 29.8 Å². The van der Waals surface area contributed by atoms with E-state index in [9.17, 15) is 4.79 Å². The van der Waals surface area contributed by atoms with E-state index in [2.05, 4.69) is 10.3 Å². The molecule has 0 spiro atoms. The van der Waals surface area contributed by atoms with E-state index in [1.54, 1.807) is 18.8 Å². The van der Waals surface area contributed by atoms with Crippen molar-refractivity contribution in [1.29, 1.82) is 0 Å². The molecule has 0 unspecified atom stereocenters. The number of aryl methyl sites for hydroxylation is 2. The molecule has 0 aliphatic carbocycles. The average Bonchev–Trinajstić information content (AvgIpc) is 3.24. The second-order valence-corrected chi connectivity index (χ2v) is 8.27. The second-order valence-electron chi connectivity index (χ2n) is 6.69. The highest BCUT2D eigenvalue weighted by atomic mass is 35.5. The summed E-state index contributed by atoms with van der Waals surface area (Å²) in [6.45, 7) is 1.96. The molecule has 2 heterocycles. The van der Waals surface area contributed by atoms with E-state index in [-0.39, 0.29) is 5.91 Å². The number of para-hydroxylation sites is 1. The molecule has 30 heavy (non-hydrogen) atoms. The van der Waals surface area contributed by atoms with Gasteiger partial charge in [0, 0.05) is 28.4 Å². The summed E-state index contributed by atoms with van der Waals surface area (Å²) in [5.41, 5.74) is 2.95. The number of benzene rings is 2. The molecule has 0 aliphatic rings. The molecule has 2 aromatic carbocycles. The smallest absolute Gasteiger partial charge is 0.275 e. The molecule has 0 radical (unpaired) electrons. The molecule has 0 bridgehead atoms. The molecular formula is C22H20ClN3O3S. The number of hydrogen-bond acceptors (Lipinski definition) is 5. The zero-order valence-corrected chi connectivity index (χ0v) is 18.5. The largest absolute Gasteiger partial charge is 0.493 e. The zero-order valence-electron chi connectivity index (χ0n) is 16.9. The Morgan fingerprint density at radius 2 is 1.87 bits per heavy atom. The number of carbonyl (C=O) groups is 1. The standard InChI is InChI=1S/C22H20ClN3O3S/c1-12-19(13-9-10-16(28-3)17(11-13)29-4)24-22(30-12)25-21(27)20-18(23)14-7-5-6-8-15(14)26(20)2/h5-11H,1-4H3,(H,24,25,27). The minimum Gasteiger partial charge on any atom is -0.493 e. The normalized spacial score (nSPS) is 11.0. The lowest BCUT2D eigenvalue weighted by Gasteiger charge is -2.08. The van der Waals surface area contributed by atoms with E-state index < -0.39 is 0 Å². The van der Waals surface area contributed by atoms with E-state index in [4.69, 9.17) is 21.1 Å². The predicted molar refractivity (Wildman–Crippen MR) is 121 cm³/mol. The van der Waals surface area contributed by atoms with Crippen molar-refractivity contribution in [1.82, 2.24) is 9.55 Å². The Morgan fingerprint density at radius 3 is 2.57 bits per heavy atom. The fourth-order valence-corrected chi connectivity index (χ4v) is 4.66. The lowest BCUT2D eigenvalue weighted by atomic mass is 10.1. The fraction of sp³-hybridized carbons (Fsp3) is 0.182. The number of hydrogen-bond donors (Lipinski definition) is 1. The number of thiazole rings is 1. The van der Waals surface area contributed by atoms with Gasteiger partial charge in [-0.05, 0) is 31.2 Å². The zero-order chi connectivity index (χ0) is 21.4. The summed E-state index contributed by atoms with van der Waals surface area (Å²) in [5, 5.41) is 4.66. The van der Waals surface area contributed by atoms with Crippen LogP contribution in [0.2, 0.25) is 5.02 Å². The van der Waals surface area contributed by atoms with Crippen LogP contribution >= 0.6 is 22.9 Å². The molecule has 8 heteroatoms. The molecule has 4 aromatic rings. The Hall–Kier alpha value is -3.03. The van der Waals surface area contributed by atoms with Crippen molar-refractivity contribution in [3.8, 4) is 22.8 Å². The van der Waals surface area contributed by atoms with Crippen molar-refractivity contribution in [2.24, 2.45) is 7.05 Å². The number of nitrogens with zero attached hydrogens (tertiary/aromatic N) is 2. The number of amides is 1. The van der Waals surface area contributed by atoms with Gasteiger partial charge < -0.3 is 14.0 Å². The number of anilines is 1. The predicted octanol–water partition coefficient (Wildman–Crippen LogP) is 5.53. The molecule has 4 rings (SSSR count). The summed E-state index contributed by atoms with van der Waals surface area (Å²) in [4.78, 5) is 18.6. The van der Waals surface area contributed by atoms with Crippen LogP contribution < -0.4 is 14.8 Å². The number of aromatic nitrogens is 2. The lowest BCUT2D eigenvalue weighted by Crippen LogP contribution is -2.16. The summed E-state index contributed by atoms with van der Waals surface area (Å²) in [5.74, 6) is 0.967. The summed E-state index contributed by atoms with van der Waals surface area (Å²) in [6.07, 6.45) is 0. The topological polar surface area (TPSA) is 65.4 Å². The van der Waals surface area contributed by atoms with E-state index in [0.29, 0.717) is 27.3 Å². The van der Waals surface area contributed by atoms with Crippen LogP contribution in [0.15, 0.2) is 42.5 Å².